The molecule has 0 aromatic carbocycles. The summed E-state index contributed by atoms with van der Waals surface area (Å²) in [5, 5.41) is 23.8. The molecule has 0 aliphatic heterocycles. The van der Waals surface area contributed by atoms with Gasteiger partial charge in [-0.2, -0.15) is 0 Å². The average molecular weight is 928 g/mol. The molecule has 6 heteroatoms. The number of carbonyl (C=O) groups is 2. The third-order valence-corrected chi connectivity index (χ3v) is 11.5. The van der Waals surface area contributed by atoms with E-state index in [-0.39, 0.29) is 31.3 Å². The molecule has 67 heavy (non-hydrogen) atoms. The van der Waals surface area contributed by atoms with Gasteiger partial charge in [0, 0.05) is 6.42 Å². The summed E-state index contributed by atoms with van der Waals surface area (Å²) in [7, 11) is 0. The number of esters is 1. The highest BCUT2D eigenvalue weighted by molar-refractivity contribution is 5.78. The van der Waals surface area contributed by atoms with Crippen LogP contribution in [-0.2, 0) is 14.3 Å². The molecule has 0 saturated carbocycles. The Kier molecular flexibility index (Phi) is 50.2. The second kappa shape index (κ2) is 53.2. The van der Waals surface area contributed by atoms with Crippen LogP contribution in [0.2, 0.25) is 0 Å². The number of unbranched alkanes of at least 4 members (excludes halogenated alkanes) is 17. The van der Waals surface area contributed by atoms with Crippen LogP contribution < -0.4 is 5.32 Å². The molecule has 0 aliphatic carbocycles. The van der Waals surface area contributed by atoms with Crippen molar-refractivity contribution in [2.75, 3.05) is 6.61 Å². The monoisotopic (exact) mass is 928 g/mol. The largest absolute Gasteiger partial charge is 0.458 e. The summed E-state index contributed by atoms with van der Waals surface area (Å²) in [4.78, 5) is 26.1. The summed E-state index contributed by atoms with van der Waals surface area (Å²) in [6.45, 7) is 6.21. The zero-order valence-electron chi connectivity index (χ0n) is 43.2. The average Bonchev–Trinajstić information content (AvgIpc) is 3.32. The van der Waals surface area contributed by atoms with Crippen molar-refractivity contribution in [2.45, 2.75) is 244 Å². The first-order chi connectivity index (χ1) is 33.0. The quantitative estimate of drug-likeness (QED) is 0.0321. The van der Waals surface area contributed by atoms with E-state index in [4.69, 9.17) is 4.74 Å². The molecule has 3 unspecified atom stereocenters. The highest BCUT2D eigenvalue weighted by Crippen LogP contribution is 2.16. The molecule has 0 spiro atoms. The van der Waals surface area contributed by atoms with E-state index >= 15 is 0 Å². The lowest BCUT2D eigenvalue weighted by molar-refractivity contribution is -0.148. The number of ether oxygens (including phenoxy) is 1. The molecule has 1 amide bonds. The maximum Gasteiger partial charge on any atom is 0.306 e. The number of aliphatic hydroxyl groups is 2. The number of hydrogen-bond donors (Lipinski definition) is 3. The molecular weight excluding hydrogens is 827 g/mol. The van der Waals surface area contributed by atoms with E-state index in [1.54, 1.807) is 6.08 Å². The Bertz CT molecular complexity index is 1410. The molecule has 0 aromatic heterocycles. The highest BCUT2D eigenvalue weighted by Gasteiger charge is 2.23. The molecule has 380 valence electrons. The van der Waals surface area contributed by atoms with Crippen LogP contribution in [0.5, 0.6) is 0 Å². The third-order valence-electron chi connectivity index (χ3n) is 11.5. The first kappa shape index (κ1) is 63.3. The van der Waals surface area contributed by atoms with Crippen molar-refractivity contribution in [2.24, 2.45) is 0 Å². The topological polar surface area (TPSA) is 95.9 Å². The smallest absolute Gasteiger partial charge is 0.306 e. The standard InChI is InChI=1S/C61H101NO5/c1-4-7-10-13-16-19-22-25-28-30-32-35-38-41-44-47-50-53-59(64)58(56-63)62-60(65)55-57(52-49-46-43-40-37-34-27-24-21-18-15-12-9-6-3)67-61(66)54-51-48-45-42-39-36-33-31-29-26-23-20-17-14-11-8-5-2/h8-9,11-12,17-18,20-21,26-27,29,33-34,36,40,42-43,45,49,52,57-59,63-64H,4-7,10,13-16,19,22-25,28,30-32,35,37-39,41,44,46-48,50-51,53-56H2,1-3H3,(H,62,65)/b11-8-,12-9+,20-17-,21-18+,29-26-,34-27+,36-33-,43-40+,45-42-,52-49+. The van der Waals surface area contributed by atoms with E-state index in [2.05, 4.69) is 135 Å². The van der Waals surface area contributed by atoms with Gasteiger partial charge in [0.2, 0.25) is 5.91 Å². The van der Waals surface area contributed by atoms with Crippen molar-refractivity contribution in [1.29, 1.82) is 0 Å². The van der Waals surface area contributed by atoms with Crippen molar-refractivity contribution >= 4 is 11.9 Å². The van der Waals surface area contributed by atoms with E-state index in [0.717, 1.165) is 83.5 Å². The minimum Gasteiger partial charge on any atom is -0.458 e. The molecule has 0 saturated heterocycles. The fourth-order valence-corrected chi connectivity index (χ4v) is 7.49. The Morgan fingerprint density at radius 3 is 1.21 bits per heavy atom. The lowest BCUT2D eigenvalue weighted by Gasteiger charge is -2.23. The zero-order valence-corrected chi connectivity index (χ0v) is 43.2. The van der Waals surface area contributed by atoms with Gasteiger partial charge in [0.15, 0.2) is 0 Å². The Labute approximate surface area is 412 Å². The normalized spacial score (nSPS) is 14.2. The maximum absolute atomic E-state index is 13.2. The molecule has 0 aliphatic rings. The zero-order chi connectivity index (χ0) is 48.8. The van der Waals surface area contributed by atoms with Crippen molar-refractivity contribution < 1.29 is 24.5 Å². The van der Waals surface area contributed by atoms with Gasteiger partial charge in [-0.3, -0.25) is 9.59 Å². The summed E-state index contributed by atoms with van der Waals surface area (Å²) in [5.74, 6) is -0.707. The maximum atomic E-state index is 13.2. The number of rotatable bonds is 47. The molecular formula is C61H101NO5. The van der Waals surface area contributed by atoms with Crippen molar-refractivity contribution in [3.8, 4) is 0 Å². The minimum absolute atomic E-state index is 0.0758. The number of aliphatic hydroxyl groups excluding tert-OH is 2. The predicted molar refractivity (Wildman–Crippen MR) is 291 cm³/mol. The fraction of sp³-hybridized carbons (Fsp3) is 0.639. The molecule has 3 N–H and O–H groups in total. The van der Waals surface area contributed by atoms with Crippen molar-refractivity contribution in [1.82, 2.24) is 5.32 Å². The predicted octanol–water partition coefficient (Wildman–Crippen LogP) is 16.8. The van der Waals surface area contributed by atoms with Gasteiger partial charge in [-0.1, -0.05) is 245 Å². The van der Waals surface area contributed by atoms with E-state index < -0.39 is 18.2 Å². The van der Waals surface area contributed by atoms with Crippen LogP contribution in [0.15, 0.2) is 122 Å². The first-order valence-electron chi connectivity index (χ1n) is 27.3. The van der Waals surface area contributed by atoms with Crippen molar-refractivity contribution in [3.05, 3.63) is 122 Å². The number of hydrogen-bond acceptors (Lipinski definition) is 5. The summed E-state index contributed by atoms with van der Waals surface area (Å²) in [5.41, 5.74) is 0. The van der Waals surface area contributed by atoms with Crippen LogP contribution in [-0.4, -0.2) is 46.9 Å². The molecule has 0 aromatic rings. The van der Waals surface area contributed by atoms with Gasteiger partial charge < -0.3 is 20.3 Å². The number of nitrogens with one attached hydrogen (secondary N) is 1. The van der Waals surface area contributed by atoms with Crippen LogP contribution >= 0.6 is 0 Å². The Morgan fingerprint density at radius 2 is 0.821 bits per heavy atom. The molecule has 6 nitrogen and oxygen atoms in total. The molecule has 0 heterocycles. The van der Waals surface area contributed by atoms with Gasteiger partial charge in [-0.25, -0.2) is 0 Å². The van der Waals surface area contributed by atoms with E-state index in [9.17, 15) is 19.8 Å². The number of amides is 1. The Balaban J connectivity index is 4.77. The highest BCUT2D eigenvalue weighted by atomic mass is 16.5. The van der Waals surface area contributed by atoms with Gasteiger partial charge in [-0.05, 0) is 89.5 Å². The second-order valence-corrected chi connectivity index (χ2v) is 17.9. The lowest BCUT2D eigenvalue weighted by Crippen LogP contribution is -2.46. The van der Waals surface area contributed by atoms with Gasteiger partial charge in [0.05, 0.1) is 25.2 Å². The summed E-state index contributed by atoms with van der Waals surface area (Å²) >= 11 is 0. The molecule has 0 radical (unpaired) electrons. The SMILES string of the molecule is CC/C=C\C/C=C\C/C=C\C/C=C\C/C=C\CCCC(=O)OC(/C=C/C/C=C/C/C=C/C/C=C/C/C=C/CC)CC(=O)NC(CO)C(O)CCCCCCCCCCCCCCCCCCC. The molecule has 3 atom stereocenters. The summed E-state index contributed by atoms with van der Waals surface area (Å²) < 4.78 is 5.80. The first-order valence-corrected chi connectivity index (χ1v) is 27.3. The van der Waals surface area contributed by atoms with Gasteiger partial charge >= 0.3 is 5.97 Å². The van der Waals surface area contributed by atoms with Gasteiger partial charge in [0.25, 0.3) is 0 Å². The van der Waals surface area contributed by atoms with E-state index in [0.29, 0.717) is 19.3 Å². The second-order valence-electron chi connectivity index (χ2n) is 17.9. The van der Waals surface area contributed by atoms with Crippen LogP contribution in [0, 0.1) is 0 Å². The fourth-order valence-electron chi connectivity index (χ4n) is 7.49. The lowest BCUT2D eigenvalue weighted by atomic mass is 10.0. The Hall–Kier alpha value is -3.74. The van der Waals surface area contributed by atoms with Crippen LogP contribution in [0.1, 0.15) is 226 Å². The summed E-state index contributed by atoms with van der Waals surface area (Å²) in [6.07, 6.45) is 74.4. The summed E-state index contributed by atoms with van der Waals surface area (Å²) in [6, 6.07) is -0.762. The third kappa shape index (κ3) is 48.5. The molecule has 0 fully saturated rings. The Morgan fingerprint density at radius 1 is 0.463 bits per heavy atom. The van der Waals surface area contributed by atoms with Crippen molar-refractivity contribution in [3.63, 3.8) is 0 Å². The number of allylic oxidation sites excluding steroid dienone is 19. The van der Waals surface area contributed by atoms with E-state index in [1.165, 1.54) is 89.9 Å². The molecule has 0 bridgehead atoms. The minimum atomic E-state index is -0.837. The number of carbonyl (C=O) groups excluding carboxylic acids is 2. The van der Waals surface area contributed by atoms with Gasteiger partial charge in [-0.15, -0.1) is 0 Å². The van der Waals surface area contributed by atoms with Crippen LogP contribution in [0.25, 0.3) is 0 Å². The van der Waals surface area contributed by atoms with Crippen LogP contribution in [0.4, 0.5) is 0 Å². The van der Waals surface area contributed by atoms with E-state index in [1.807, 2.05) is 6.08 Å². The van der Waals surface area contributed by atoms with Crippen LogP contribution in [0.3, 0.4) is 0 Å². The molecule has 0 rings (SSSR count). The van der Waals surface area contributed by atoms with Gasteiger partial charge in [0.1, 0.15) is 6.10 Å².